The van der Waals surface area contributed by atoms with Gasteiger partial charge in [0.1, 0.15) is 12.4 Å². The Morgan fingerprint density at radius 3 is 2.58 bits per heavy atom. The van der Waals surface area contributed by atoms with Crippen molar-refractivity contribution in [2.24, 2.45) is 5.10 Å². The number of para-hydroxylation sites is 3. The van der Waals surface area contributed by atoms with Crippen molar-refractivity contribution in [1.82, 2.24) is 9.97 Å². The predicted octanol–water partition coefficient (Wildman–Crippen LogP) is 4.59. The van der Waals surface area contributed by atoms with Crippen LogP contribution in [0.5, 0.6) is 5.75 Å². The van der Waals surface area contributed by atoms with Crippen molar-refractivity contribution in [2.45, 2.75) is 6.61 Å². The van der Waals surface area contributed by atoms with Gasteiger partial charge in [0.25, 0.3) is 0 Å². The van der Waals surface area contributed by atoms with Crippen LogP contribution in [0.4, 0.5) is 5.95 Å². The Morgan fingerprint density at radius 2 is 1.69 bits per heavy atom. The van der Waals surface area contributed by atoms with Crippen molar-refractivity contribution < 1.29 is 4.74 Å². The molecule has 0 saturated heterocycles. The van der Waals surface area contributed by atoms with Crippen molar-refractivity contribution in [3.05, 3.63) is 90.0 Å². The smallest absolute Gasteiger partial charge is 0.222 e. The van der Waals surface area contributed by atoms with E-state index >= 15 is 0 Å². The van der Waals surface area contributed by atoms with Crippen LogP contribution in [0.1, 0.15) is 11.1 Å². The zero-order valence-electron chi connectivity index (χ0n) is 14.1. The van der Waals surface area contributed by atoms with E-state index in [4.69, 9.17) is 4.74 Å². The first-order chi connectivity index (χ1) is 12.9. The standard InChI is InChI=1S/C21H18N4O/c1-2-8-16(9-3-1)15-26-20-13-7-4-10-17(20)14-22-25-21-23-18-11-5-6-12-19(18)24-21/h1-14H,15H2,(H2,23,24,25)/b22-14-. The summed E-state index contributed by atoms with van der Waals surface area (Å²) in [7, 11) is 0. The lowest BCUT2D eigenvalue weighted by Crippen LogP contribution is -1.99. The second kappa shape index (κ2) is 7.53. The maximum absolute atomic E-state index is 5.93. The van der Waals surface area contributed by atoms with E-state index in [1.165, 1.54) is 0 Å². The Hall–Kier alpha value is -3.60. The minimum Gasteiger partial charge on any atom is -0.488 e. The van der Waals surface area contributed by atoms with Gasteiger partial charge in [-0.05, 0) is 29.8 Å². The number of aromatic nitrogens is 2. The van der Waals surface area contributed by atoms with E-state index in [0.717, 1.165) is 27.9 Å². The first-order valence-electron chi connectivity index (χ1n) is 8.38. The van der Waals surface area contributed by atoms with Crippen molar-refractivity contribution in [3.8, 4) is 5.75 Å². The summed E-state index contributed by atoms with van der Waals surface area (Å²) >= 11 is 0. The third-order valence-corrected chi connectivity index (χ3v) is 3.92. The first kappa shape index (κ1) is 15.9. The van der Waals surface area contributed by atoms with Gasteiger partial charge in [-0.1, -0.05) is 54.6 Å². The van der Waals surface area contributed by atoms with Gasteiger partial charge in [-0.25, -0.2) is 10.4 Å². The number of rotatable bonds is 6. The summed E-state index contributed by atoms with van der Waals surface area (Å²) in [6.45, 7) is 0.517. The molecule has 0 spiro atoms. The number of aromatic amines is 1. The van der Waals surface area contributed by atoms with Gasteiger partial charge >= 0.3 is 0 Å². The molecular formula is C21H18N4O. The molecule has 1 heterocycles. The van der Waals surface area contributed by atoms with E-state index < -0.39 is 0 Å². The minimum atomic E-state index is 0.517. The van der Waals surface area contributed by atoms with Crippen LogP contribution in [0.3, 0.4) is 0 Å². The highest BCUT2D eigenvalue weighted by Gasteiger charge is 2.02. The summed E-state index contributed by atoms with van der Waals surface area (Å²) in [5, 5.41) is 4.27. The van der Waals surface area contributed by atoms with Crippen LogP contribution < -0.4 is 10.2 Å². The molecule has 0 atom stereocenters. The summed E-state index contributed by atoms with van der Waals surface area (Å²) in [6.07, 6.45) is 1.73. The molecule has 0 aliphatic rings. The zero-order valence-corrected chi connectivity index (χ0v) is 14.1. The average Bonchev–Trinajstić information content (AvgIpc) is 3.11. The van der Waals surface area contributed by atoms with Gasteiger partial charge in [-0.2, -0.15) is 5.10 Å². The molecule has 0 bridgehead atoms. The molecule has 0 radical (unpaired) electrons. The number of hydrazone groups is 1. The van der Waals surface area contributed by atoms with Gasteiger partial charge in [0.2, 0.25) is 5.95 Å². The van der Waals surface area contributed by atoms with Crippen LogP contribution in [0.2, 0.25) is 0 Å². The Balaban J connectivity index is 1.44. The topological polar surface area (TPSA) is 62.3 Å². The van der Waals surface area contributed by atoms with E-state index in [-0.39, 0.29) is 0 Å². The SMILES string of the molecule is C(=N/Nc1nc2ccccc2[nH]1)/c1ccccc1OCc1ccccc1. The Bertz CT molecular complexity index is 991. The fraction of sp³-hybridized carbons (Fsp3) is 0.0476. The molecule has 0 aliphatic heterocycles. The van der Waals surface area contributed by atoms with Crippen molar-refractivity contribution in [2.75, 3.05) is 5.43 Å². The van der Waals surface area contributed by atoms with E-state index in [0.29, 0.717) is 12.6 Å². The number of hydrogen-bond donors (Lipinski definition) is 2. The third-order valence-electron chi connectivity index (χ3n) is 3.92. The number of benzene rings is 3. The third kappa shape index (κ3) is 3.72. The van der Waals surface area contributed by atoms with Gasteiger partial charge in [-0.15, -0.1) is 0 Å². The second-order valence-electron chi connectivity index (χ2n) is 5.78. The summed E-state index contributed by atoms with van der Waals surface area (Å²) in [5.41, 5.74) is 6.82. The molecule has 0 aliphatic carbocycles. The highest BCUT2D eigenvalue weighted by molar-refractivity contribution is 5.84. The quantitative estimate of drug-likeness (QED) is 0.398. The fourth-order valence-electron chi connectivity index (χ4n) is 2.62. The second-order valence-corrected chi connectivity index (χ2v) is 5.78. The van der Waals surface area contributed by atoms with Gasteiger partial charge < -0.3 is 9.72 Å². The predicted molar refractivity (Wildman–Crippen MR) is 105 cm³/mol. The summed E-state index contributed by atoms with van der Waals surface area (Å²) in [4.78, 5) is 7.61. The van der Waals surface area contributed by atoms with E-state index in [9.17, 15) is 0 Å². The van der Waals surface area contributed by atoms with Crippen LogP contribution in [-0.2, 0) is 6.61 Å². The van der Waals surface area contributed by atoms with Crippen molar-refractivity contribution in [1.29, 1.82) is 0 Å². The molecule has 2 N–H and O–H groups in total. The zero-order chi connectivity index (χ0) is 17.6. The molecule has 0 saturated carbocycles. The lowest BCUT2D eigenvalue weighted by atomic mass is 10.2. The van der Waals surface area contributed by atoms with Gasteiger partial charge in [0.15, 0.2) is 0 Å². The molecule has 0 unspecified atom stereocenters. The number of anilines is 1. The number of H-pyrrole nitrogens is 1. The molecule has 0 fully saturated rings. The normalized spacial score (nSPS) is 11.1. The van der Waals surface area contributed by atoms with Gasteiger partial charge in [-0.3, -0.25) is 0 Å². The number of ether oxygens (including phenoxy) is 1. The van der Waals surface area contributed by atoms with E-state index in [1.807, 2.05) is 78.9 Å². The molecule has 26 heavy (non-hydrogen) atoms. The maximum Gasteiger partial charge on any atom is 0.222 e. The van der Waals surface area contributed by atoms with E-state index in [2.05, 4.69) is 20.5 Å². The first-order valence-corrected chi connectivity index (χ1v) is 8.38. The van der Waals surface area contributed by atoms with Crippen LogP contribution in [0.25, 0.3) is 11.0 Å². The minimum absolute atomic E-state index is 0.517. The molecular weight excluding hydrogens is 324 g/mol. The summed E-state index contributed by atoms with van der Waals surface area (Å²) in [5.74, 6) is 1.39. The number of nitrogens with zero attached hydrogens (tertiary/aromatic N) is 2. The van der Waals surface area contributed by atoms with Crippen LogP contribution in [-0.4, -0.2) is 16.2 Å². The van der Waals surface area contributed by atoms with Crippen LogP contribution in [0, 0.1) is 0 Å². The summed E-state index contributed by atoms with van der Waals surface area (Å²) < 4.78 is 5.93. The highest BCUT2D eigenvalue weighted by atomic mass is 16.5. The molecule has 5 heteroatoms. The number of imidazole rings is 1. The van der Waals surface area contributed by atoms with Gasteiger partial charge in [0, 0.05) is 5.56 Å². The molecule has 1 aromatic heterocycles. The molecule has 128 valence electrons. The number of hydrogen-bond acceptors (Lipinski definition) is 4. The maximum atomic E-state index is 5.93. The van der Waals surface area contributed by atoms with Crippen LogP contribution >= 0.6 is 0 Å². The molecule has 0 amide bonds. The van der Waals surface area contributed by atoms with E-state index in [1.54, 1.807) is 6.21 Å². The number of nitrogens with one attached hydrogen (secondary N) is 2. The van der Waals surface area contributed by atoms with Crippen molar-refractivity contribution in [3.63, 3.8) is 0 Å². The Morgan fingerprint density at radius 1 is 0.923 bits per heavy atom. The molecule has 4 aromatic rings. The average molecular weight is 342 g/mol. The molecule has 4 rings (SSSR count). The number of fused-ring (bicyclic) bond motifs is 1. The largest absolute Gasteiger partial charge is 0.488 e. The molecule has 3 aromatic carbocycles. The fourth-order valence-corrected chi connectivity index (χ4v) is 2.62. The van der Waals surface area contributed by atoms with Gasteiger partial charge in [0.05, 0.1) is 17.2 Å². The Labute approximate surface area is 151 Å². The highest BCUT2D eigenvalue weighted by Crippen LogP contribution is 2.18. The molecule has 5 nitrogen and oxygen atoms in total. The van der Waals surface area contributed by atoms with Crippen molar-refractivity contribution >= 4 is 23.2 Å². The lowest BCUT2D eigenvalue weighted by molar-refractivity contribution is 0.306. The summed E-state index contributed by atoms with van der Waals surface area (Å²) in [6, 6.07) is 25.7. The lowest BCUT2D eigenvalue weighted by Gasteiger charge is -2.08. The Kier molecular flexibility index (Phi) is 4.60. The monoisotopic (exact) mass is 342 g/mol. The van der Waals surface area contributed by atoms with Crippen LogP contribution in [0.15, 0.2) is 84.0 Å².